The molecule has 19 heavy (non-hydrogen) atoms. The highest BCUT2D eigenvalue weighted by Crippen LogP contribution is 2.11. The topological polar surface area (TPSA) is 50.9 Å². The Morgan fingerprint density at radius 3 is 2.47 bits per heavy atom. The van der Waals surface area contributed by atoms with Crippen LogP contribution in [0.1, 0.15) is 17.0 Å². The first-order valence-corrected chi connectivity index (χ1v) is 6.36. The molecule has 104 valence electrons. The highest BCUT2D eigenvalue weighted by molar-refractivity contribution is 5.30. The number of rotatable bonds is 5. The highest BCUT2D eigenvalue weighted by Gasteiger charge is 2.08. The molecule has 0 aliphatic carbocycles. The van der Waals surface area contributed by atoms with Crippen LogP contribution in [-0.2, 0) is 27.2 Å². The van der Waals surface area contributed by atoms with Crippen LogP contribution >= 0.6 is 0 Å². The molecule has 0 saturated carbocycles. The average molecular weight is 262 g/mol. The predicted octanol–water partition coefficient (Wildman–Crippen LogP) is 0.818. The number of imidazole rings is 1. The highest BCUT2D eigenvalue weighted by atomic mass is 15.3. The Morgan fingerprint density at radius 1 is 1.21 bits per heavy atom. The minimum Gasteiger partial charge on any atom is -0.348 e. The Bertz CT molecular complexity index is 551. The summed E-state index contributed by atoms with van der Waals surface area (Å²) in [5.74, 6) is 0.967. The normalized spacial score (nSPS) is 11.0. The molecule has 0 bridgehead atoms. The van der Waals surface area contributed by atoms with E-state index in [1.54, 1.807) is 0 Å². The molecule has 6 nitrogen and oxygen atoms in total. The minimum absolute atomic E-state index is 0.797. The monoisotopic (exact) mass is 262 g/mol. The summed E-state index contributed by atoms with van der Waals surface area (Å²) in [6.45, 7) is 3.70. The van der Waals surface area contributed by atoms with Crippen molar-refractivity contribution in [3.63, 3.8) is 0 Å². The maximum absolute atomic E-state index is 4.39. The first-order valence-electron chi connectivity index (χ1n) is 6.36. The Kier molecular flexibility index (Phi) is 3.90. The van der Waals surface area contributed by atoms with Gasteiger partial charge >= 0.3 is 0 Å². The van der Waals surface area contributed by atoms with Crippen molar-refractivity contribution in [2.45, 2.75) is 20.0 Å². The molecular formula is C13H22N6. The average Bonchev–Trinajstić information content (AvgIpc) is 2.87. The Balaban J connectivity index is 1.95. The number of nitrogens with one attached hydrogen (secondary N) is 1. The summed E-state index contributed by atoms with van der Waals surface area (Å²) in [6, 6.07) is 0. The van der Waals surface area contributed by atoms with Gasteiger partial charge < -0.3 is 14.8 Å². The van der Waals surface area contributed by atoms with E-state index in [2.05, 4.69) is 26.9 Å². The summed E-state index contributed by atoms with van der Waals surface area (Å²) < 4.78 is 3.99. The molecule has 0 aliphatic rings. The van der Waals surface area contributed by atoms with Crippen molar-refractivity contribution in [1.82, 2.24) is 24.6 Å². The van der Waals surface area contributed by atoms with Crippen LogP contribution in [0.15, 0.2) is 12.4 Å². The van der Waals surface area contributed by atoms with Crippen molar-refractivity contribution < 1.29 is 0 Å². The van der Waals surface area contributed by atoms with E-state index < -0.39 is 0 Å². The van der Waals surface area contributed by atoms with Gasteiger partial charge in [0.2, 0.25) is 5.95 Å². The van der Waals surface area contributed by atoms with E-state index in [4.69, 9.17) is 0 Å². The van der Waals surface area contributed by atoms with Gasteiger partial charge in [-0.15, -0.1) is 0 Å². The van der Waals surface area contributed by atoms with Crippen molar-refractivity contribution in [2.24, 2.45) is 14.1 Å². The smallest absolute Gasteiger partial charge is 0.204 e. The third-order valence-electron chi connectivity index (χ3n) is 3.42. The zero-order valence-electron chi connectivity index (χ0n) is 12.3. The Hall–Kier alpha value is -1.82. The number of hydrogen-bond donors (Lipinski definition) is 1. The third kappa shape index (κ3) is 2.78. The fourth-order valence-corrected chi connectivity index (χ4v) is 2.06. The van der Waals surface area contributed by atoms with Gasteiger partial charge in [-0.1, -0.05) is 0 Å². The number of nitrogens with zero attached hydrogens (tertiary/aromatic N) is 5. The van der Waals surface area contributed by atoms with Gasteiger partial charge in [0.05, 0.1) is 18.1 Å². The number of aromatic nitrogens is 4. The van der Waals surface area contributed by atoms with E-state index >= 15 is 0 Å². The summed E-state index contributed by atoms with van der Waals surface area (Å²) in [7, 11) is 8.00. The molecule has 2 heterocycles. The van der Waals surface area contributed by atoms with Gasteiger partial charge in [0.1, 0.15) is 0 Å². The lowest BCUT2D eigenvalue weighted by molar-refractivity contribution is 0.650. The summed E-state index contributed by atoms with van der Waals surface area (Å²) in [6.07, 6.45) is 3.83. The molecule has 0 atom stereocenters. The summed E-state index contributed by atoms with van der Waals surface area (Å²) in [4.78, 5) is 6.40. The van der Waals surface area contributed by atoms with Crippen molar-refractivity contribution in [3.8, 4) is 0 Å². The van der Waals surface area contributed by atoms with E-state index in [1.807, 2.05) is 50.2 Å². The second kappa shape index (κ2) is 5.44. The number of anilines is 1. The fourth-order valence-electron chi connectivity index (χ4n) is 2.06. The molecule has 2 aromatic heterocycles. The summed E-state index contributed by atoms with van der Waals surface area (Å²) in [5, 5.41) is 7.67. The van der Waals surface area contributed by atoms with E-state index in [-0.39, 0.29) is 0 Å². The SMILES string of the molecule is Cc1c(CNCc2cnc(N(C)C)n2C)cnn1C. The quantitative estimate of drug-likeness (QED) is 0.866. The zero-order valence-corrected chi connectivity index (χ0v) is 12.3. The molecule has 0 aliphatic heterocycles. The Labute approximate surface area is 114 Å². The van der Waals surface area contributed by atoms with Gasteiger partial charge in [-0.2, -0.15) is 5.10 Å². The predicted molar refractivity (Wildman–Crippen MR) is 76.0 cm³/mol. The van der Waals surface area contributed by atoms with Crippen molar-refractivity contribution in [1.29, 1.82) is 0 Å². The van der Waals surface area contributed by atoms with Crippen molar-refractivity contribution in [2.75, 3.05) is 19.0 Å². The van der Waals surface area contributed by atoms with E-state index in [1.165, 1.54) is 17.0 Å². The summed E-state index contributed by atoms with van der Waals surface area (Å²) in [5.41, 5.74) is 3.61. The largest absolute Gasteiger partial charge is 0.348 e. The molecule has 6 heteroatoms. The molecule has 1 N–H and O–H groups in total. The molecular weight excluding hydrogens is 240 g/mol. The lowest BCUT2D eigenvalue weighted by Crippen LogP contribution is -2.18. The number of hydrogen-bond acceptors (Lipinski definition) is 4. The third-order valence-corrected chi connectivity index (χ3v) is 3.42. The molecule has 0 amide bonds. The van der Waals surface area contributed by atoms with Gasteiger partial charge in [-0.3, -0.25) is 4.68 Å². The molecule has 0 fully saturated rings. The second-order valence-corrected chi connectivity index (χ2v) is 4.99. The first kappa shape index (κ1) is 13.6. The Morgan fingerprint density at radius 2 is 1.95 bits per heavy atom. The molecule has 0 aromatic carbocycles. The number of aryl methyl sites for hydroxylation is 1. The van der Waals surface area contributed by atoms with Crippen LogP contribution in [0.3, 0.4) is 0 Å². The lowest BCUT2D eigenvalue weighted by Gasteiger charge is -2.12. The molecule has 2 aromatic rings. The maximum atomic E-state index is 4.39. The first-order chi connectivity index (χ1) is 9.00. The van der Waals surface area contributed by atoms with Crippen LogP contribution < -0.4 is 10.2 Å². The maximum Gasteiger partial charge on any atom is 0.204 e. The standard InChI is InChI=1S/C13H22N6/c1-10-11(7-16-19(10)5)6-14-8-12-9-15-13(17(2)3)18(12)4/h7,9,14H,6,8H2,1-5H3. The van der Waals surface area contributed by atoms with Gasteiger partial charge in [-0.05, 0) is 6.92 Å². The van der Waals surface area contributed by atoms with Crippen LogP contribution in [0.5, 0.6) is 0 Å². The van der Waals surface area contributed by atoms with Gasteiger partial charge in [-0.25, -0.2) is 4.98 Å². The molecule has 0 spiro atoms. The van der Waals surface area contributed by atoms with Gasteiger partial charge in [0.25, 0.3) is 0 Å². The lowest BCUT2D eigenvalue weighted by atomic mass is 10.2. The molecule has 0 unspecified atom stereocenters. The molecule has 0 radical (unpaired) electrons. The minimum atomic E-state index is 0.797. The van der Waals surface area contributed by atoms with Crippen molar-refractivity contribution in [3.05, 3.63) is 29.3 Å². The van der Waals surface area contributed by atoms with Crippen LogP contribution in [0.4, 0.5) is 5.95 Å². The van der Waals surface area contributed by atoms with Gasteiger partial charge in [0, 0.05) is 52.5 Å². The van der Waals surface area contributed by atoms with Gasteiger partial charge in [0.15, 0.2) is 0 Å². The summed E-state index contributed by atoms with van der Waals surface area (Å²) >= 11 is 0. The van der Waals surface area contributed by atoms with E-state index in [0.717, 1.165) is 19.0 Å². The van der Waals surface area contributed by atoms with Crippen LogP contribution in [0.2, 0.25) is 0 Å². The van der Waals surface area contributed by atoms with Crippen molar-refractivity contribution >= 4 is 5.95 Å². The second-order valence-electron chi connectivity index (χ2n) is 4.99. The van der Waals surface area contributed by atoms with Crippen LogP contribution in [0, 0.1) is 6.92 Å². The zero-order chi connectivity index (χ0) is 14.0. The van der Waals surface area contributed by atoms with Crippen LogP contribution in [0.25, 0.3) is 0 Å². The van der Waals surface area contributed by atoms with E-state index in [0.29, 0.717) is 0 Å². The van der Waals surface area contributed by atoms with Crippen LogP contribution in [-0.4, -0.2) is 33.4 Å². The molecule has 2 rings (SSSR count). The fraction of sp³-hybridized carbons (Fsp3) is 0.538. The van der Waals surface area contributed by atoms with E-state index in [9.17, 15) is 0 Å². The molecule has 0 saturated heterocycles.